The zero-order valence-electron chi connectivity index (χ0n) is 17.3. The first-order valence-corrected chi connectivity index (χ1v) is 11.2. The van der Waals surface area contributed by atoms with Gasteiger partial charge in [-0.1, -0.05) is 25.5 Å². The van der Waals surface area contributed by atoms with E-state index < -0.39 is 0 Å². The summed E-state index contributed by atoms with van der Waals surface area (Å²) < 4.78 is 5.44. The van der Waals surface area contributed by atoms with Crippen molar-refractivity contribution < 1.29 is 14.3 Å². The average molecular weight is 384 g/mol. The van der Waals surface area contributed by atoms with Crippen LogP contribution in [0.1, 0.15) is 58.8 Å². The lowest BCUT2D eigenvalue weighted by Crippen LogP contribution is -2.51. The number of fused-ring (bicyclic) bond motifs is 5. The normalized spacial score (nSPS) is 42.9. The average Bonchev–Trinajstić information content (AvgIpc) is 3.06. The van der Waals surface area contributed by atoms with Crippen molar-refractivity contribution in [2.24, 2.45) is 28.6 Å². The number of allylic oxidation sites excluding steroid dienone is 3. The third-order valence-electron chi connectivity index (χ3n) is 9.07. The van der Waals surface area contributed by atoms with Crippen LogP contribution in [0.4, 0.5) is 0 Å². The lowest BCUT2D eigenvalue weighted by atomic mass is 9.47. The van der Waals surface area contributed by atoms with Crippen molar-refractivity contribution >= 4 is 11.7 Å². The van der Waals surface area contributed by atoms with Crippen LogP contribution in [0.2, 0.25) is 0 Å². The van der Waals surface area contributed by atoms with Gasteiger partial charge in [-0.15, -0.1) is 0 Å². The van der Waals surface area contributed by atoms with Crippen LogP contribution in [-0.2, 0) is 14.3 Å². The lowest BCUT2D eigenvalue weighted by molar-refractivity contribution is -0.133. The fraction of sp³-hybridized carbons (Fsp3) is 0.750. The summed E-state index contributed by atoms with van der Waals surface area (Å²) in [5.74, 6) is 2.53. The van der Waals surface area contributed by atoms with E-state index in [2.05, 4.69) is 19.9 Å². The molecule has 0 N–H and O–H groups in total. The molecular weight excluding hydrogens is 350 g/mol. The number of rotatable bonds is 1. The molecule has 1 heterocycles. The number of carbonyl (C=O) groups is 2. The first-order valence-electron chi connectivity index (χ1n) is 11.2. The number of hydrogen-bond donors (Lipinski definition) is 0. The Morgan fingerprint density at radius 2 is 1.86 bits per heavy atom. The Hall–Kier alpha value is -1.42. The number of ether oxygens (including phenoxy) is 1. The summed E-state index contributed by atoms with van der Waals surface area (Å²) in [6.45, 7) is 7.56. The molecule has 0 aromatic carbocycles. The van der Waals surface area contributed by atoms with Gasteiger partial charge in [-0.3, -0.25) is 9.59 Å². The van der Waals surface area contributed by atoms with Gasteiger partial charge in [0.1, 0.15) is 0 Å². The summed E-state index contributed by atoms with van der Waals surface area (Å²) in [7, 11) is 0. The quantitative estimate of drug-likeness (QED) is 0.690. The topological polar surface area (TPSA) is 46.6 Å². The monoisotopic (exact) mass is 383 g/mol. The van der Waals surface area contributed by atoms with Crippen LogP contribution >= 0.6 is 0 Å². The van der Waals surface area contributed by atoms with Crippen molar-refractivity contribution in [2.75, 3.05) is 26.3 Å². The van der Waals surface area contributed by atoms with E-state index >= 15 is 0 Å². The van der Waals surface area contributed by atoms with Gasteiger partial charge in [-0.2, -0.15) is 0 Å². The van der Waals surface area contributed by atoms with Crippen molar-refractivity contribution in [1.82, 2.24) is 4.90 Å². The SMILES string of the molecule is C[C@]12CCC(=O)C=C1CC[C@@H]1[C@@H]2CC[C@]2(C)C(C(=O)N3CCOCC3)=CC[C@@H]12. The molecule has 1 saturated heterocycles. The second-order valence-corrected chi connectivity index (χ2v) is 10.2. The van der Waals surface area contributed by atoms with Gasteiger partial charge in [-0.25, -0.2) is 0 Å². The molecule has 1 amide bonds. The molecule has 2 saturated carbocycles. The molecule has 0 spiro atoms. The standard InChI is InChI=1S/C24H33NO3/c1-23-9-7-17(26)15-16(23)3-4-18-19-5-6-21(24(19,2)10-8-20(18)23)22(27)25-11-13-28-14-12-25/h6,15,18-20H,3-5,7-14H2,1-2H3/t18-,19-,20-,23-,24-/m0/s1. The Morgan fingerprint density at radius 3 is 2.64 bits per heavy atom. The van der Waals surface area contributed by atoms with Crippen LogP contribution in [0.15, 0.2) is 23.3 Å². The second-order valence-electron chi connectivity index (χ2n) is 10.2. The number of hydrogen-bond acceptors (Lipinski definition) is 3. The first-order chi connectivity index (χ1) is 13.4. The summed E-state index contributed by atoms with van der Waals surface area (Å²) in [5, 5.41) is 0. The molecule has 4 nitrogen and oxygen atoms in total. The number of nitrogens with zero attached hydrogens (tertiary/aromatic N) is 1. The van der Waals surface area contributed by atoms with E-state index in [-0.39, 0.29) is 16.7 Å². The largest absolute Gasteiger partial charge is 0.378 e. The summed E-state index contributed by atoms with van der Waals surface area (Å²) in [6.07, 6.45) is 11.6. The molecule has 1 aliphatic heterocycles. The summed E-state index contributed by atoms with van der Waals surface area (Å²) >= 11 is 0. The van der Waals surface area contributed by atoms with Crippen LogP contribution in [0, 0.1) is 28.6 Å². The molecule has 0 bridgehead atoms. The second kappa shape index (κ2) is 6.55. The molecule has 3 fully saturated rings. The van der Waals surface area contributed by atoms with Crippen molar-refractivity contribution in [3.05, 3.63) is 23.3 Å². The van der Waals surface area contributed by atoms with Gasteiger partial charge in [0.05, 0.1) is 13.2 Å². The molecule has 4 aliphatic carbocycles. The number of amides is 1. The minimum absolute atomic E-state index is 0.0264. The molecule has 152 valence electrons. The van der Waals surface area contributed by atoms with Gasteiger partial charge in [-0.05, 0) is 67.8 Å². The van der Waals surface area contributed by atoms with Gasteiger partial charge in [0.15, 0.2) is 5.78 Å². The van der Waals surface area contributed by atoms with E-state index in [1.165, 1.54) is 18.4 Å². The Labute approximate surface area is 168 Å². The summed E-state index contributed by atoms with van der Waals surface area (Å²) in [6, 6.07) is 0. The Balaban J connectivity index is 1.40. The first kappa shape index (κ1) is 18.6. The molecule has 0 aromatic heterocycles. The maximum absolute atomic E-state index is 13.3. The summed E-state index contributed by atoms with van der Waals surface area (Å²) in [4.78, 5) is 27.3. The van der Waals surface area contributed by atoms with Gasteiger partial charge in [0.2, 0.25) is 5.91 Å². The molecular formula is C24H33NO3. The maximum Gasteiger partial charge on any atom is 0.250 e. The Morgan fingerprint density at radius 1 is 1.07 bits per heavy atom. The van der Waals surface area contributed by atoms with E-state index in [1.54, 1.807) is 0 Å². The van der Waals surface area contributed by atoms with E-state index in [0.717, 1.165) is 44.3 Å². The fourth-order valence-electron chi connectivity index (χ4n) is 7.40. The van der Waals surface area contributed by atoms with Gasteiger partial charge < -0.3 is 9.64 Å². The van der Waals surface area contributed by atoms with Crippen molar-refractivity contribution in [3.8, 4) is 0 Å². The predicted molar refractivity (Wildman–Crippen MR) is 108 cm³/mol. The molecule has 0 radical (unpaired) electrons. The predicted octanol–water partition coefficient (Wildman–Crippen LogP) is 3.91. The molecule has 28 heavy (non-hydrogen) atoms. The highest BCUT2D eigenvalue weighted by molar-refractivity contribution is 5.95. The van der Waals surface area contributed by atoms with Gasteiger partial charge in [0, 0.05) is 30.5 Å². The highest BCUT2D eigenvalue weighted by Gasteiger charge is 2.58. The summed E-state index contributed by atoms with van der Waals surface area (Å²) in [5.41, 5.74) is 2.74. The molecule has 5 aliphatic rings. The molecule has 5 rings (SSSR count). The highest BCUT2D eigenvalue weighted by Crippen LogP contribution is 2.65. The van der Waals surface area contributed by atoms with Crippen molar-refractivity contribution in [2.45, 2.75) is 58.8 Å². The van der Waals surface area contributed by atoms with Gasteiger partial charge >= 0.3 is 0 Å². The smallest absolute Gasteiger partial charge is 0.250 e. The highest BCUT2D eigenvalue weighted by atomic mass is 16.5. The van der Waals surface area contributed by atoms with E-state index in [0.29, 0.717) is 43.2 Å². The number of morpholine rings is 1. The maximum atomic E-state index is 13.3. The number of carbonyl (C=O) groups excluding carboxylic acids is 2. The third kappa shape index (κ3) is 2.59. The van der Waals surface area contributed by atoms with E-state index in [1.807, 2.05) is 11.0 Å². The van der Waals surface area contributed by atoms with Gasteiger partial charge in [0.25, 0.3) is 0 Å². The van der Waals surface area contributed by atoms with Crippen LogP contribution in [0.5, 0.6) is 0 Å². The van der Waals surface area contributed by atoms with Crippen LogP contribution in [0.25, 0.3) is 0 Å². The minimum atomic E-state index is 0.0264. The molecule has 4 heteroatoms. The molecule has 0 unspecified atom stereocenters. The minimum Gasteiger partial charge on any atom is -0.378 e. The zero-order chi connectivity index (χ0) is 19.5. The Kier molecular flexibility index (Phi) is 4.35. The van der Waals surface area contributed by atoms with Crippen molar-refractivity contribution in [3.63, 3.8) is 0 Å². The van der Waals surface area contributed by atoms with Crippen LogP contribution < -0.4 is 0 Å². The number of ketones is 1. The van der Waals surface area contributed by atoms with Crippen LogP contribution in [-0.4, -0.2) is 42.9 Å². The zero-order valence-corrected chi connectivity index (χ0v) is 17.3. The Bertz CT molecular complexity index is 762. The molecule has 0 aromatic rings. The fourth-order valence-corrected chi connectivity index (χ4v) is 7.40. The van der Waals surface area contributed by atoms with Crippen LogP contribution in [0.3, 0.4) is 0 Å². The van der Waals surface area contributed by atoms with Crippen molar-refractivity contribution in [1.29, 1.82) is 0 Å². The third-order valence-corrected chi connectivity index (χ3v) is 9.07. The molecule has 5 atom stereocenters. The van der Waals surface area contributed by atoms with E-state index in [4.69, 9.17) is 4.74 Å². The lowest BCUT2D eigenvalue weighted by Gasteiger charge is -2.57. The van der Waals surface area contributed by atoms with E-state index in [9.17, 15) is 9.59 Å².